The number of imidazole rings is 1. The van der Waals surface area contributed by atoms with Gasteiger partial charge < -0.3 is 17.3 Å². The fraction of sp³-hybridized carbons (Fsp3) is 0.615. The number of aromatic nitrogens is 2. The molecule has 1 heterocycles. The van der Waals surface area contributed by atoms with Gasteiger partial charge in [0.2, 0.25) is 0 Å². The molecule has 1 aromatic rings. The van der Waals surface area contributed by atoms with Crippen LogP contribution in [-0.2, 0) is 6.54 Å². The Bertz CT molecular complexity index is 394. The Hall–Kier alpha value is -1.27. The first-order valence-corrected chi connectivity index (χ1v) is 6.90. The van der Waals surface area contributed by atoms with Crippen LogP contribution in [0.25, 0.3) is 6.20 Å². The number of unbranched alkanes of at least 4 members (excludes halogenated alkanes) is 3. The summed E-state index contributed by atoms with van der Waals surface area (Å²) in [6, 6.07) is 0. The fourth-order valence-corrected chi connectivity index (χ4v) is 1.71. The van der Waals surface area contributed by atoms with Crippen LogP contribution in [0.3, 0.4) is 0 Å². The molecule has 0 fully saturated rings. The molecule has 0 aliphatic rings. The first-order chi connectivity index (χ1) is 9.29. The molecule has 1 rings (SSSR count). The summed E-state index contributed by atoms with van der Waals surface area (Å²) in [7, 11) is -6.00. The summed E-state index contributed by atoms with van der Waals surface area (Å²) >= 11 is 0. The number of halogens is 4. The Morgan fingerprint density at radius 2 is 1.80 bits per heavy atom. The van der Waals surface area contributed by atoms with E-state index in [1.807, 2.05) is 0 Å². The Morgan fingerprint density at radius 3 is 2.25 bits per heavy atom. The van der Waals surface area contributed by atoms with Crippen LogP contribution in [0.4, 0.5) is 17.3 Å². The molecule has 1 aromatic heterocycles. The Balaban J connectivity index is 0.000000621. The average Bonchev–Trinajstić information content (AvgIpc) is 2.68. The normalized spacial score (nSPS) is 11.6. The Morgan fingerprint density at radius 1 is 1.20 bits per heavy atom. The van der Waals surface area contributed by atoms with E-state index in [2.05, 4.69) is 54.6 Å². The van der Waals surface area contributed by atoms with Crippen molar-refractivity contribution in [2.45, 2.75) is 53.0 Å². The van der Waals surface area contributed by atoms with E-state index in [0.29, 0.717) is 0 Å². The maximum Gasteiger partial charge on any atom is 0.673 e. The molecule has 0 unspecified atom stereocenters. The Kier molecular flexibility index (Phi) is 9.00. The summed E-state index contributed by atoms with van der Waals surface area (Å²) in [6.07, 6.45) is 13.8. The lowest BCUT2D eigenvalue weighted by Gasteiger charge is -1.94. The van der Waals surface area contributed by atoms with Crippen molar-refractivity contribution in [3.63, 3.8) is 0 Å². The lowest BCUT2D eigenvalue weighted by atomic mass is 10.2. The van der Waals surface area contributed by atoms with Gasteiger partial charge in [-0.3, -0.25) is 0 Å². The second kappa shape index (κ2) is 9.61. The molecule has 0 aliphatic heterocycles. The van der Waals surface area contributed by atoms with Crippen LogP contribution in [0.5, 0.6) is 0 Å². The highest BCUT2D eigenvalue weighted by Crippen LogP contribution is 2.06. The molecule has 0 bridgehead atoms. The largest absolute Gasteiger partial charge is 0.673 e. The number of hydrogen-bond acceptors (Lipinski definition) is 0. The van der Waals surface area contributed by atoms with Crippen molar-refractivity contribution in [3.05, 3.63) is 24.3 Å². The molecule has 116 valence electrons. The van der Waals surface area contributed by atoms with Crippen LogP contribution in [0, 0.1) is 6.92 Å². The minimum atomic E-state index is -6.00. The van der Waals surface area contributed by atoms with Gasteiger partial charge in [0.05, 0.1) is 12.7 Å². The fourth-order valence-electron chi connectivity index (χ4n) is 1.71. The van der Waals surface area contributed by atoms with E-state index >= 15 is 0 Å². The van der Waals surface area contributed by atoms with Crippen LogP contribution in [-0.4, -0.2) is 11.8 Å². The smallest absolute Gasteiger partial charge is 0.418 e. The van der Waals surface area contributed by atoms with E-state index in [-0.39, 0.29) is 0 Å². The summed E-state index contributed by atoms with van der Waals surface area (Å²) in [5.74, 6) is 1.30. The number of aryl methyl sites for hydroxylation is 1. The number of allylic oxidation sites excluding steroid dienone is 1. The summed E-state index contributed by atoms with van der Waals surface area (Å²) in [6.45, 7) is 7.61. The third kappa shape index (κ3) is 9.64. The molecule has 0 saturated carbocycles. The lowest BCUT2D eigenvalue weighted by Crippen LogP contribution is -2.33. The van der Waals surface area contributed by atoms with Crippen molar-refractivity contribution in [3.8, 4) is 0 Å². The first kappa shape index (κ1) is 18.7. The molecule has 0 radical (unpaired) electrons. The molecule has 0 aromatic carbocycles. The van der Waals surface area contributed by atoms with Gasteiger partial charge in [-0.2, -0.15) is 0 Å². The van der Waals surface area contributed by atoms with Gasteiger partial charge in [0, 0.05) is 6.92 Å². The Labute approximate surface area is 118 Å². The lowest BCUT2D eigenvalue weighted by molar-refractivity contribution is -0.698. The molecular weight excluding hydrogens is 271 g/mol. The molecule has 0 spiro atoms. The highest BCUT2D eigenvalue weighted by molar-refractivity contribution is 6.50. The number of nitrogens with zero attached hydrogens (tertiary/aromatic N) is 2. The van der Waals surface area contributed by atoms with E-state index in [1.54, 1.807) is 0 Å². The van der Waals surface area contributed by atoms with E-state index in [9.17, 15) is 17.3 Å². The van der Waals surface area contributed by atoms with Gasteiger partial charge in [0.1, 0.15) is 12.4 Å². The SMILES string of the molecule is CCCCCC=Cn1cc[n+](CC)c1C.F[B-](F)(F)F. The molecule has 0 amide bonds. The predicted octanol–water partition coefficient (Wildman–Crippen LogP) is 4.45. The number of hydrogen-bond donors (Lipinski definition) is 0. The monoisotopic (exact) mass is 294 g/mol. The summed E-state index contributed by atoms with van der Waals surface area (Å²) in [5, 5.41) is 0. The molecule has 0 saturated heterocycles. The van der Waals surface area contributed by atoms with Crippen molar-refractivity contribution < 1.29 is 21.8 Å². The van der Waals surface area contributed by atoms with Gasteiger partial charge in [0.25, 0.3) is 5.82 Å². The molecule has 0 N–H and O–H groups in total. The van der Waals surface area contributed by atoms with Crippen molar-refractivity contribution in [2.75, 3.05) is 0 Å². The second-order valence-corrected chi connectivity index (χ2v) is 4.41. The minimum absolute atomic E-state index is 1.04. The quantitative estimate of drug-likeness (QED) is 0.317. The summed E-state index contributed by atoms with van der Waals surface area (Å²) in [4.78, 5) is 0. The van der Waals surface area contributed by atoms with E-state index < -0.39 is 7.25 Å². The van der Waals surface area contributed by atoms with Gasteiger partial charge in [-0.1, -0.05) is 19.8 Å². The third-order valence-electron chi connectivity index (χ3n) is 2.78. The number of rotatable bonds is 6. The maximum atomic E-state index is 9.75. The van der Waals surface area contributed by atoms with Crippen molar-refractivity contribution >= 4 is 13.5 Å². The van der Waals surface area contributed by atoms with Crippen LogP contribution < -0.4 is 4.57 Å². The third-order valence-corrected chi connectivity index (χ3v) is 2.78. The van der Waals surface area contributed by atoms with Gasteiger partial charge in [-0.25, -0.2) is 9.13 Å². The van der Waals surface area contributed by atoms with E-state index in [0.717, 1.165) is 6.54 Å². The summed E-state index contributed by atoms with van der Waals surface area (Å²) < 4.78 is 43.4. The van der Waals surface area contributed by atoms with Crippen LogP contribution >= 0.6 is 0 Å². The zero-order valence-electron chi connectivity index (χ0n) is 12.3. The van der Waals surface area contributed by atoms with Gasteiger partial charge in [0.15, 0.2) is 0 Å². The van der Waals surface area contributed by atoms with Gasteiger partial charge in [-0.15, -0.1) is 0 Å². The maximum absolute atomic E-state index is 9.75. The minimum Gasteiger partial charge on any atom is -0.418 e. The van der Waals surface area contributed by atoms with Crippen molar-refractivity contribution in [2.24, 2.45) is 0 Å². The van der Waals surface area contributed by atoms with Crippen LogP contribution in [0.1, 0.15) is 45.4 Å². The standard InChI is InChI=1S/C13H23N2.BF4/c1-4-6-7-8-9-10-15-12-11-14(5-2)13(15)3;2-1(3,4)5/h9-12H,4-8H2,1-3H3;/q+1;-1. The molecule has 0 aliphatic carbocycles. The molecule has 7 heteroatoms. The zero-order valence-corrected chi connectivity index (χ0v) is 12.3. The zero-order chi connectivity index (χ0) is 15.6. The van der Waals surface area contributed by atoms with Crippen molar-refractivity contribution in [1.29, 1.82) is 0 Å². The molecule has 0 atom stereocenters. The summed E-state index contributed by atoms with van der Waals surface area (Å²) in [5.41, 5.74) is 0. The molecular formula is C13H23BF4N2. The average molecular weight is 294 g/mol. The van der Waals surface area contributed by atoms with E-state index in [1.165, 1.54) is 31.5 Å². The topological polar surface area (TPSA) is 8.81 Å². The second-order valence-electron chi connectivity index (χ2n) is 4.41. The molecule has 20 heavy (non-hydrogen) atoms. The van der Waals surface area contributed by atoms with Gasteiger partial charge in [-0.05, 0) is 25.8 Å². The van der Waals surface area contributed by atoms with Crippen LogP contribution in [0.2, 0.25) is 0 Å². The highest BCUT2D eigenvalue weighted by Gasteiger charge is 2.20. The van der Waals surface area contributed by atoms with Crippen molar-refractivity contribution in [1.82, 2.24) is 4.57 Å². The predicted molar refractivity (Wildman–Crippen MR) is 74.7 cm³/mol. The van der Waals surface area contributed by atoms with Crippen LogP contribution in [0.15, 0.2) is 18.5 Å². The van der Waals surface area contributed by atoms with E-state index in [4.69, 9.17) is 0 Å². The highest BCUT2D eigenvalue weighted by atomic mass is 19.5. The first-order valence-electron chi connectivity index (χ1n) is 6.90. The van der Waals surface area contributed by atoms with Gasteiger partial charge >= 0.3 is 7.25 Å². The molecule has 2 nitrogen and oxygen atoms in total.